The van der Waals surface area contributed by atoms with Crippen molar-refractivity contribution in [3.05, 3.63) is 83.7 Å². The first-order valence-electron chi connectivity index (χ1n) is 8.71. The van der Waals surface area contributed by atoms with Crippen LogP contribution in [0.4, 0.5) is 0 Å². The number of benzene rings is 2. The molecule has 0 aliphatic heterocycles. The van der Waals surface area contributed by atoms with Crippen LogP contribution in [0.1, 0.15) is 21.6 Å². The van der Waals surface area contributed by atoms with E-state index in [0.29, 0.717) is 5.56 Å². The summed E-state index contributed by atoms with van der Waals surface area (Å²) < 4.78 is 4.18. The maximum absolute atomic E-state index is 12.2. The number of nitrogens with zero attached hydrogens (tertiary/aromatic N) is 3. The Morgan fingerprint density at radius 2 is 2.00 bits per heavy atom. The fraction of sp³-hybridized carbons (Fsp3) is 0.0952. The number of thioether (sulfide) groups is 1. The van der Waals surface area contributed by atoms with E-state index in [2.05, 4.69) is 21.6 Å². The van der Waals surface area contributed by atoms with Gasteiger partial charge in [0.15, 0.2) is 4.34 Å². The molecule has 0 radical (unpaired) electrons. The Labute approximate surface area is 171 Å². The van der Waals surface area contributed by atoms with E-state index in [9.17, 15) is 4.79 Å². The summed E-state index contributed by atoms with van der Waals surface area (Å²) in [6.07, 6.45) is 3.55. The summed E-state index contributed by atoms with van der Waals surface area (Å²) in [5.41, 5.74) is 6.25. The second-order valence-corrected chi connectivity index (χ2v) is 8.43. The molecule has 28 heavy (non-hydrogen) atoms. The van der Waals surface area contributed by atoms with Gasteiger partial charge in [-0.1, -0.05) is 36.0 Å². The van der Waals surface area contributed by atoms with E-state index < -0.39 is 0 Å². The fourth-order valence-electron chi connectivity index (χ4n) is 2.64. The lowest BCUT2D eigenvalue weighted by molar-refractivity contribution is 0.0955. The molecule has 2 aromatic carbocycles. The zero-order valence-corrected chi connectivity index (χ0v) is 16.8. The maximum atomic E-state index is 12.2. The van der Waals surface area contributed by atoms with Gasteiger partial charge >= 0.3 is 0 Å². The van der Waals surface area contributed by atoms with E-state index in [-0.39, 0.29) is 5.91 Å². The SMILES string of the molecule is Cn1cccc1/C=N/NC(=O)c1ccc(CSc2nc3ccccc3s2)cc1. The highest BCUT2D eigenvalue weighted by atomic mass is 32.2. The standard InChI is InChI=1S/C21H18N4OS2/c1-25-12-4-5-17(25)13-22-24-20(26)16-10-8-15(9-11-16)14-27-21-23-18-6-2-3-7-19(18)28-21/h2-13H,14H2,1H3,(H,24,26)/b22-13+. The molecule has 0 fully saturated rings. The number of amides is 1. The predicted molar refractivity (Wildman–Crippen MR) is 116 cm³/mol. The van der Waals surface area contributed by atoms with Gasteiger partial charge in [-0.2, -0.15) is 5.10 Å². The molecule has 1 amide bonds. The van der Waals surface area contributed by atoms with Gasteiger partial charge in [0, 0.05) is 24.6 Å². The highest BCUT2D eigenvalue weighted by Crippen LogP contribution is 2.31. The van der Waals surface area contributed by atoms with Gasteiger partial charge in [-0.05, 0) is 42.0 Å². The zero-order chi connectivity index (χ0) is 19.3. The lowest BCUT2D eigenvalue weighted by Gasteiger charge is -2.03. The molecule has 0 saturated carbocycles. The quantitative estimate of drug-likeness (QED) is 0.287. The molecule has 0 spiro atoms. The van der Waals surface area contributed by atoms with Gasteiger partial charge in [0.05, 0.1) is 22.1 Å². The third kappa shape index (κ3) is 4.32. The minimum atomic E-state index is -0.226. The monoisotopic (exact) mass is 406 g/mol. The molecular formula is C21H18N4OS2. The van der Waals surface area contributed by atoms with Gasteiger partial charge < -0.3 is 4.57 Å². The first-order valence-corrected chi connectivity index (χ1v) is 10.5. The van der Waals surface area contributed by atoms with Gasteiger partial charge in [-0.25, -0.2) is 10.4 Å². The van der Waals surface area contributed by atoms with Crippen molar-refractivity contribution in [3.63, 3.8) is 0 Å². The zero-order valence-electron chi connectivity index (χ0n) is 15.2. The molecule has 140 valence electrons. The minimum Gasteiger partial charge on any atom is -0.350 e. The van der Waals surface area contributed by atoms with Crippen LogP contribution in [0.15, 0.2) is 76.3 Å². The summed E-state index contributed by atoms with van der Waals surface area (Å²) in [7, 11) is 1.92. The Kier molecular flexibility index (Phi) is 5.55. The van der Waals surface area contributed by atoms with E-state index in [4.69, 9.17) is 0 Å². The number of hydrogen-bond donors (Lipinski definition) is 1. The molecule has 4 rings (SSSR count). The topological polar surface area (TPSA) is 59.3 Å². The van der Waals surface area contributed by atoms with Crippen molar-refractivity contribution in [3.8, 4) is 0 Å². The smallest absolute Gasteiger partial charge is 0.271 e. The average molecular weight is 407 g/mol. The van der Waals surface area contributed by atoms with Crippen LogP contribution in [0.3, 0.4) is 0 Å². The normalized spacial score (nSPS) is 11.3. The second kappa shape index (κ2) is 8.41. The lowest BCUT2D eigenvalue weighted by atomic mass is 10.1. The van der Waals surface area contributed by atoms with Crippen molar-refractivity contribution in [2.45, 2.75) is 10.1 Å². The van der Waals surface area contributed by atoms with E-state index in [0.717, 1.165) is 26.9 Å². The Morgan fingerprint density at radius 3 is 2.75 bits per heavy atom. The fourth-order valence-corrected chi connectivity index (χ4v) is 4.66. The number of fused-ring (bicyclic) bond motifs is 1. The highest BCUT2D eigenvalue weighted by molar-refractivity contribution is 8.00. The first kappa shape index (κ1) is 18.5. The van der Waals surface area contributed by atoms with Crippen molar-refractivity contribution in [2.75, 3.05) is 0 Å². The molecule has 0 aliphatic rings. The molecule has 1 N–H and O–H groups in total. The Bertz CT molecular complexity index is 1100. The number of rotatable bonds is 6. The van der Waals surface area contributed by atoms with Crippen LogP contribution >= 0.6 is 23.1 Å². The molecule has 0 unspecified atom stereocenters. The van der Waals surface area contributed by atoms with E-state index >= 15 is 0 Å². The van der Waals surface area contributed by atoms with Crippen molar-refractivity contribution in [1.29, 1.82) is 0 Å². The number of para-hydroxylation sites is 1. The second-order valence-electron chi connectivity index (χ2n) is 6.18. The number of carbonyl (C=O) groups excluding carboxylic acids is 1. The first-order chi connectivity index (χ1) is 13.7. The van der Waals surface area contributed by atoms with E-state index in [1.54, 1.807) is 29.3 Å². The average Bonchev–Trinajstić information content (AvgIpc) is 3.32. The molecule has 0 atom stereocenters. The third-order valence-electron chi connectivity index (χ3n) is 4.20. The van der Waals surface area contributed by atoms with Crippen LogP contribution in [0.2, 0.25) is 0 Å². The molecule has 0 saturated heterocycles. The molecule has 7 heteroatoms. The highest BCUT2D eigenvalue weighted by Gasteiger charge is 2.07. The van der Waals surface area contributed by atoms with Crippen LogP contribution < -0.4 is 5.43 Å². The lowest BCUT2D eigenvalue weighted by Crippen LogP contribution is -2.17. The van der Waals surface area contributed by atoms with Crippen molar-refractivity contribution < 1.29 is 4.79 Å². The van der Waals surface area contributed by atoms with Crippen LogP contribution in [0.5, 0.6) is 0 Å². The number of hydrogen-bond acceptors (Lipinski definition) is 5. The molecule has 0 bridgehead atoms. The summed E-state index contributed by atoms with van der Waals surface area (Å²) in [6, 6.07) is 19.6. The Morgan fingerprint density at radius 1 is 1.18 bits per heavy atom. The van der Waals surface area contributed by atoms with Crippen LogP contribution in [-0.2, 0) is 12.8 Å². The summed E-state index contributed by atoms with van der Waals surface area (Å²) in [6.45, 7) is 0. The molecule has 2 aromatic heterocycles. The number of aryl methyl sites for hydroxylation is 1. The Balaban J connectivity index is 1.33. The van der Waals surface area contributed by atoms with Gasteiger partial charge in [0.1, 0.15) is 0 Å². The van der Waals surface area contributed by atoms with Crippen LogP contribution in [-0.4, -0.2) is 21.7 Å². The number of nitrogens with one attached hydrogen (secondary N) is 1. The molecule has 2 heterocycles. The molecule has 5 nitrogen and oxygen atoms in total. The van der Waals surface area contributed by atoms with Gasteiger partial charge in [0.25, 0.3) is 5.91 Å². The van der Waals surface area contributed by atoms with Crippen LogP contribution in [0.25, 0.3) is 10.2 Å². The summed E-state index contributed by atoms with van der Waals surface area (Å²) in [4.78, 5) is 16.8. The summed E-state index contributed by atoms with van der Waals surface area (Å²) in [5.74, 6) is 0.587. The summed E-state index contributed by atoms with van der Waals surface area (Å²) >= 11 is 3.41. The van der Waals surface area contributed by atoms with Gasteiger partial charge in [-0.3, -0.25) is 4.79 Å². The van der Waals surface area contributed by atoms with Gasteiger partial charge in [0.2, 0.25) is 0 Å². The van der Waals surface area contributed by atoms with Crippen molar-refractivity contribution in [2.24, 2.45) is 12.1 Å². The van der Waals surface area contributed by atoms with Crippen molar-refractivity contribution in [1.82, 2.24) is 15.0 Å². The van der Waals surface area contributed by atoms with Crippen LogP contribution in [0, 0.1) is 0 Å². The molecule has 0 aliphatic carbocycles. The molecular weight excluding hydrogens is 388 g/mol. The summed E-state index contributed by atoms with van der Waals surface area (Å²) in [5, 5.41) is 4.01. The largest absolute Gasteiger partial charge is 0.350 e. The number of thiazole rings is 1. The molecule has 4 aromatic rings. The van der Waals surface area contributed by atoms with E-state index in [1.165, 1.54) is 4.70 Å². The van der Waals surface area contributed by atoms with E-state index in [1.807, 2.05) is 72.4 Å². The van der Waals surface area contributed by atoms with Crippen molar-refractivity contribution >= 4 is 45.4 Å². The Hall–Kier alpha value is -2.90. The van der Waals surface area contributed by atoms with Gasteiger partial charge in [-0.15, -0.1) is 11.3 Å². The third-order valence-corrected chi connectivity index (χ3v) is 6.45. The number of hydrazone groups is 1. The number of aromatic nitrogens is 2. The predicted octanol–water partition coefficient (Wildman–Crippen LogP) is 4.69. The maximum Gasteiger partial charge on any atom is 0.271 e. The number of carbonyl (C=O) groups is 1. The minimum absolute atomic E-state index is 0.226.